The van der Waals surface area contributed by atoms with Crippen LogP contribution in [0.15, 0.2) is 0 Å². The molecule has 0 rings (SSSR count). The van der Waals surface area contributed by atoms with E-state index in [1.165, 1.54) is 0 Å². The van der Waals surface area contributed by atoms with Gasteiger partial charge in [-0.2, -0.15) is 0 Å². The molecule has 0 bridgehead atoms. The van der Waals surface area contributed by atoms with Gasteiger partial charge in [-0.1, -0.05) is 0 Å². The summed E-state index contributed by atoms with van der Waals surface area (Å²) >= 11 is 0. The number of carbonyl (C=O) groups excluding carboxylic acids is 1. The number of ether oxygens (including phenoxy) is 2. The summed E-state index contributed by atoms with van der Waals surface area (Å²) in [6, 6.07) is 0.191. The number of methoxy groups -OCH3 is 1. The third-order valence-corrected chi connectivity index (χ3v) is 4.33. The highest BCUT2D eigenvalue weighted by Crippen LogP contribution is 2.06. The minimum atomic E-state index is -0.831. The molecule has 0 saturated carbocycles. The molecule has 0 spiro atoms. The molecule has 0 saturated heterocycles. The van der Waals surface area contributed by atoms with Crippen molar-refractivity contribution in [3.8, 4) is 0 Å². The zero-order chi connectivity index (χ0) is 17.2. The van der Waals surface area contributed by atoms with E-state index in [2.05, 4.69) is 10.6 Å². The number of carbonyl (C=O) groups is 1. The first-order valence-electron chi connectivity index (χ1n) is 7.67. The molecule has 1 amide bonds. The molecule has 0 aliphatic heterocycles. The van der Waals surface area contributed by atoms with E-state index in [1.54, 1.807) is 13.4 Å². The van der Waals surface area contributed by atoms with Gasteiger partial charge in [-0.25, -0.2) is 4.79 Å². The lowest BCUT2D eigenvalue weighted by Gasteiger charge is -2.21. The van der Waals surface area contributed by atoms with Gasteiger partial charge in [-0.15, -0.1) is 0 Å². The molecule has 0 aromatic carbocycles. The molecule has 22 heavy (non-hydrogen) atoms. The Morgan fingerprint density at radius 2 is 1.95 bits per heavy atom. The maximum absolute atomic E-state index is 11.5. The summed E-state index contributed by atoms with van der Waals surface area (Å²) in [5.41, 5.74) is -0.476. The van der Waals surface area contributed by atoms with Crippen molar-refractivity contribution < 1.29 is 18.5 Å². The molecule has 7 heteroatoms. The van der Waals surface area contributed by atoms with Crippen molar-refractivity contribution in [2.24, 2.45) is 0 Å². The molecule has 3 atom stereocenters. The number of hydrogen-bond donors (Lipinski definition) is 2. The van der Waals surface area contributed by atoms with Crippen molar-refractivity contribution in [2.75, 3.05) is 33.1 Å². The van der Waals surface area contributed by atoms with Gasteiger partial charge in [-0.3, -0.25) is 4.21 Å². The summed E-state index contributed by atoms with van der Waals surface area (Å²) in [4.78, 5) is 11.5. The fourth-order valence-electron chi connectivity index (χ4n) is 1.75. The lowest BCUT2D eigenvalue weighted by atomic mass is 10.1. The van der Waals surface area contributed by atoms with Crippen molar-refractivity contribution in [2.45, 2.75) is 57.4 Å². The van der Waals surface area contributed by atoms with Crippen molar-refractivity contribution in [1.82, 2.24) is 10.6 Å². The van der Waals surface area contributed by atoms with Gasteiger partial charge in [0.25, 0.3) is 0 Å². The number of nitrogens with one attached hydrogen (secondary N) is 2. The quantitative estimate of drug-likeness (QED) is 0.593. The molecular weight excluding hydrogens is 304 g/mol. The Bertz CT molecular complexity index is 345. The summed E-state index contributed by atoms with van der Waals surface area (Å²) in [5.74, 6) is 0. The molecule has 2 N–H and O–H groups in total. The minimum absolute atomic E-state index is 0.110. The summed E-state index contributed by atoms with van der Waals surface area (Å²) in [5, 5.41) is 6.22. The van der Waals surface area contributed by atoms with Gasteiger partial charge < -0.3 is 20.1 Å². The first-order valence-corrected chi connectivity index (χ1v) is 9.29. The van der Waals surface area contributed by atoms with E-state index in [-0.39, 0.29) is 11.3 Å². The van der Waals surface area contributed by atoms with Gasteiger partial charge in [0, 0.05) is 48.5 Å². The van der Waals surface area contributed by atoms with Crippen LogP contribution in [0.1, 0.15) is 40.5 Å². The van der Waals surface area contributed by atoms with E-state index in [4.69, 9.17) is 9.47 Å². The molecule has 0 aliphatic rings. The lowest BCUT2D eigenvalue weighted by molar-refractivity contribution is 0.0526. The predicted molar refractivity (Wildman–Crippen MR) is 90.7 cm³/mol. The van der Waals surface area contributed by atoms with Crippen molar-refractivity contribution in [3.63, 3.8) is 0 Å². The highest BCUT2D eigenvalue weighted by atomic mass is 32.2. The molecule has 0 radical (unpaired) electrons. The van der Waals surface area contributed by atoms with Crippen molar-refractivity contribution in [3.05, 3.63) is 0 Å². The van der Waals surface area contributed by atoms with Gasteiger partial charge in [0.2, 0.25) is 0 Å². The zero-order valence-electron chi connectivity index (χ0n) is 14.7. The van der Waals surface area contributed by atoms with E-state index < -0.39 is 22.5 Å². The van der Waals surface area contributed by atoms with Gasteiger partial charge >= 0.3 is 6.09 Å². The summed E-state index contributed by atoms with van der Waals surface area (Å²) in [6.07, 6.45) is 3.01. The molecule has 132 valence electrons. The molecule has 0 aromatic heterocycles. The van der Waals surface area contributed by atoms with E-state index >= 15 is 0 Å². The average Bonchev–Trinajstić information content (AvgIpc) is 2.38. The number of hydrogen-bond acceptors (Lipinski definition) is 5. The van der Waals surface area contributed by atoms with Gasteiger partial charge in [0.05, 0.1) is 6.61 Å². The van der Waals surface area contributed by atoms with E-state index in [1.807, 2.05) is 27.7 Å². The second-order valence-corrected chi connectivity index (χ2v) is 8.24. The largest absolute Gasteiger partial charge is 0.444 e. The summed E-state index contributed by atoms with van der Waals surface area (Å²) in [6.45, 7) is 9.31. The smallest absolute Gasteiger partial charge is 0.407 e. The Morgan fingerprint density at radius 1 is 1.32 bits per heavy atom. The third kappa shape index (κ3) is 11.9. The topological polar surface area (TPSA) is 76.7 Å². The molecule has 0 fully saturated rings. The Balaban J connectivity index is 3.95. The maximum atomic E-state index is 11.5. The Hall–Kier alpha value is -0.660. The van der Waals surface area contributed by atoms with E-state index in [0.717, 1.165) is 12.8 Å². The van der Waals surface area contributed by atoms with Crippen LogP contribution < -0.4 is 10.6 Å². The van der Waals surface area contributed by atoms with Gasteiger partial charge in [0.1, 0.15) is 5.60 Å². The first-order chi connectivity index (χ1) is 10.2. The maximum Gasteiger partial charge on any atom is 0.407 e. The standard InChI is InChI=1S/C15H32N2O4S/c1-12(22(6)19)10-17-13(11-20-5)8-7-9-16-14(18)21-15(2,3)4/h12-13,17H,7-11H2,1-6H3,(H,16,18). The monoisotopic (exact) mass is 336 g/mol. The second-order valence-electron chi connectivity index (χ2n) is 6.44. The summed E-state index contributed by atoms with van der Waals surface area (Å²) in [7, 11) is 0.831. The Kier molecular flexibility index (Phi) is 10.6. The van der Waals surface area contributed by atoms with E-state index in [9.17, 15) is 9.00 Å². The second kappa shape index (κ2) is 11.0. The molecule has 0 aromatic rings. The SMILES string of the molecule is COCC(CCCNC(=O)OC(C)(C)C)NCC(C)S(C)=O. The summed E-state index contributed by atoms with van der Waals surface area (Å²) < 4.78 is 21.7. The molecule has 6 nitrogen and oxygen atoms in total. The number of rotatable bonds is 10. The Labute approximate surface area is 137 Å². The zero-order valence-corrected chi connectivity index (χ0v) is 15.5. The predicted octanol–water partition coefficient (Wildman–Crippen LogP) is 1.66. The molecular formula is C15H32N2O4S. The normalized spacial score (nSPS) is 15.9. The number of alkyl carbamates (subject to hydrolysis) is 1. The van der Waals surface area contributed by atoms with Crippen LogP contribution in [-0.4, -0.2) is 60.3 Å². The fraction of sp³-hybridized carbons (Fsp3) is 0.933. The van der Waals surface area contributed by atoms with Crippen LogP contribution in [0.2, 0.25) is 0 Å². The molecule has 3 unspecified atom stereocenters. The lowest BCUT2D eigenvalue weighted by Crippen LogP contribution is -2.39. The van der Waals surface area contributed by atoms with Crippen LogP contribution >= 0.6 is 0 Å². The van der Waals surface area contributed by atoms with Crippen LogP contribution in [0.5, 0.6) is 0 Å². The number of amides is 1. The van der Waals surface area contributed by atoms with Crippen molar-refractivity contribution in [1.29, 1.82) is 0 Å². The van der Waals surface area contributed by atoms with Crippen LogP contribution in [0.4, 0.5) is 4.79 Å². The average molecular weight is 336 g/mol. The van der Waals surface area contributed by atoms with Gasteiger partial charge in [-0.05, 0) is 40.5 Å². The van der Waals surface area contributed by atoms with Gasteiger partial charge in [0.15, 0.2) is 0 Å². The van der Waals surface area contributed by atoms with Crippen LogP contribution in [0.3, 0.4) is 0 Å². The highest BCUT2D eigenvalue weighted by molar-refractivity contribution is 7.84. The molecule has 0 aliphatic carbocycles. The fourth-order valence-corrected chi connectivity index (χ4v) is 2.08. The highest BCUT2D eigenvalue weighted by Gasteiger charge is 2.16. The van der Waals surface area contributed by atoms with Crippen LogP contribution in [0, 0.1) is 0 Å². The van der Waals surface area contributed by atoms with Crippen LogP contribution in [-0.2, 0) is 20.3 Å². The minimum Gasteiger partial charge on any atom is -0.444 e. The first kappa shape index (κ1) is 21.3. The van der Waals surface area contributed by atoms with E-state index in [0.29, 0.717) is 19.7 Å². The van der Waals surface area contributed by atoms with Crippen LogP contribution in [0.25, 0.3) is 0 Å². The van der Waals surface area contributed by atoms with Crippen molar-refractivity contribution >= 4 is 16.9 Å². The third-order valence-electron chi connectivity index (χ3n) is 3.03. The molecule has 0 heterocycles. The Morgan fingerprint density at radius 3 is 2.45 bits per heavy atom.